The van der Waals surface area contributed by atoms with E-state index < -0.39 is 0 Å². The molecule has 2 unspecified atom stereocenters. The second-order valence-corrected chi connectivity index (χ2v) is 6.19. The van der Waals surface area contributed by atoms with Gasteiger partial charge in [-0.05, 0) is 62.3 Å². The van der Waals surface area contributed by atoms with E-state index >= 15 is 0 Å². The molecule has 0 aliphatic carbocycles. The van der Waals surface area contributed by atoms with E-state index in [9.17, 15) is 4.48 Å². The number of nitrogens with zero attached hydrogens (tertiary/aromatic N) is 3. The molecule has 0 fully saturated rings. The van der Waals surface area contributed by atoms with Gasteiger partial charge < -0.3 is 0 Å². The molecule has 0 radical (unpaired) electrons. The molecular formula is C18H34FN3O. The van der Waals surface area contributed by atoms with E-state index in [-0.39, 0.29) is 6.17 Å². The van der Waals surface area contributed by atoms with Crippen molar-refractivity contribution in [1.29, 1.82) is 0 Å². The normalized spacial score (nSPS) is 13.6. The van der Waals surface area contributed by atoms with E-state index in [1.807, 2.05) is 43.5 Å². The first-order valence-corrected chi connectivity index (χ1v) is 8.50. The molecule has 1 aromatic heterocycles. The van der Waals surface area contributed by atoms with E-state index in [0.717, 1.165) is 25.7 Å². The SMILES string of the molecule is CCC.CON(F)C(CC(C)CCCc1ccncc1)N(C)C. The quantitative estimate of drug-likeness (QED) is 0.380. The summed E-state index contributed by atoms with van der Waals surface area (Å²) in [6.45, 7) is 6.41. The van der Waals surface area contributed by atoms with E-state index in [0.29, 0.717) is 11.2 Å². The van der Waals surface area contributed by atoms with Crippen LogP contribution in [0.15, 0.2) is 24.5 Å². The van der Waals surface area contributed by atoms with Crippen molar-refractivity contribution in [2.45, 2.75) is 59.0 Å². The Morgan fingerprint density at radius 1 is 1.22 bits per heavy atom. The molecule has 1 aromatic rings. The fraction of sp³-hybridized carbons (Fsp3) is 0.722. The number of hydrogen-bond acceptors (Lipinski definition) is 4. The smallest absolute Gasteiger partial charge is 0.120 e. The first kappa shape index (κ1) is 22.0. The van der Waals surface area contributed by atoms with Crippen LogP contribution in [0.25, 0.3) is 0 Å². The van der Waals surface area contributed by atoms with Crippen LogP contribution in [0.1, 0.15) is 52.0 Å². The summed E-state index contributed by atoms with van der Waals surface area (Å²) in [6, 6.07) is 4.09. The molecule has 0 amide bonds. The molecule has 1 rings (SSSR count). The van der Waals surface area contributed by atoms with Gasteiger partial charge in [-0.15, -0.1) is 4.48 Å². The summed E-state index contributed by atoms with van der Waals surface area (Å²) < 4.78 is 13.6. The predicted octanol–water partition coefficient (Wildman–Crippen LogP) is 4.48. The third kappa shape index (κ3) is 10.4. The van der Waals surface area contributed by atoms with Gasteiger partial charge in [0.15, 0.2) is 0 Å². The Labute approximate surface area is 141 Å². The number of hydroxylamine groups is 1. The first-order valence-electron chi connectivity index (χ1n) is 8.50. The lowest BCUT2D eigenvalue weighted by molar-refractivity contribution is -0.312. The van der Waals surface area contributed by atoms with Gasteiger partial charge in [0.2, 0.25) is 0 Å². The van der Waals surface area contributed by atoms with Crippen molar-refractivity contribution < 1.29 is 9.32 Å². The lowest BCUT2D eigenvalue weighted by Crippen LogP contribution is -2.41. The van der Waals surface area contributed by atoms with Crippen LogP contribution in [0.4, 0.5) is 4.48 Å². The summed E-state index contributed by atoms with van der Waals surface area (Å²) in [5, 5.41) is 0.430. The zero-order valence-corrected chi connectivity index (χ0v) is 15.6. The summed E-state index contributed by atoms with van der Waals surface area (Å²) >= 11 is 0. The molecule has 0 aliphatic rings. The van der Waals surface area contributed by atoms with Crippen LogP contribution in [0, 0.1) is 5.92 Å². The highest BCUT2D eigenvalue weighted by Crippen LogP contribution is 2.19. The van der Waals surface area contributed by atoms with Crippen molar-refractivity contribution >= 4 is 0 Å². The van der Waals surface area contributed by atoms with Crippen LogP contribution in [-0.4, -0.2) is 42.5 Å². The zero-order valence-electron chi connectivity index (χ0n) is 15.6. The van der Waals surface area contributed by atoms with Crippen molar-refractivity contribution in [3.63, 3.8) is 0 Å². The maximum Gasteiger partial charge on any atom is 0.120 e. The van der Waals surface area contributed by atoms with Gasteiger partial charge in [0.25, 0.3) is 0 Å². The minimum atomic E-state index is -0.337. The Balaban J connectivity index is 0.00000149. The number of pyridine rings is 1. The van der Waals surface area contributed by atoms with Gasteiger partial charge in [-0.25, -0.2) is 0 Å². The highest BCUT2D eigenvalue weighted by molar-refractivity contribution is 5.09. The molecule has 0 N–H and O–H groups in total. The molecule has 1 heterocycles. The number of hydrogen-bond donors (Lipinski definition) is 0. The molecular weight excluding hydrogens is 293 g/mol. The van der Waals surface area contributed by atoms with Crippen molar-refractivity contribution in [3.05, 3.63) is 30.1 Å². The summed E-state index contributed by atoms with van der Waals surface area (Å²) in [6.07, 6.45) is 8.52. The van der Waals surface area contributed by atoms with Gasteiger partial charge in [0.05, 0.1) is 7.11 Å². The average molecular weight is 327 g/mol. The lowest BCUT2D eigenvalue weighted by Gasteiger charge is -2.29. The fourth-order valence-electron chi connectivity index (χ4n) is 2.28. The van der Waals surface area contributed by atoms with Crippen LogP contribution < -0.4 is 0 Å². The number of halogens is 1. The Morgan fingerprint density at radius 2 is 1.78 bits per heavy atom. The highest BCUT2D eigenvalue weighted by atomic mass is 19.2. The second-order valence-electron chi connectivity index (χ2n) is 6.19. The van der Waals surface area contributed by atoms with Gasteiger partial charge in [0.1, 0.15) is 6.17 Å². The highest BCUT2D eigenvalue weighted by Gasteiger charge is 2.23. The Hall–Kier alpha value is -1.04. The minimum absolute atomic E-state index is 0.337. The van der Waals surface area contributed by atoms with Gasteiger partial charge in [-0.3, -0.25) is 14.7 Å². The molecule has 0 aliphatic heterocycles. The number of aryl methyl sites for hydroxylation is 1. The van der Waals surface area contributed by atoms with Gasteiger partial charge in [-0.1, -0.05) is 33.6 Å². The maximum absolute atomic E-state index is 13.6. The molecule has 2 atom stereocenters. The maximum atomic E-state index is 13.6. The molecule has 0 saturated heterocycles. The zero-order chi connectivity index (χ0) is 17.7. The fourth-order valence-corrected chi connectivity index (χ4v) is 2.28. The van der Waals surface area contributed by atoms with Gasteiger partial charge >= 0.3 is 0 Å². The first-order chi connectivity index (χ1) is 11.0. The van der Waals surface area contributed by atoms with E-state index in [1.165, 1.54) is 19.1 Å². The van der Waals surface area contributed by atoms with E-state index in [1.54, 1.807) is 0 Å². The molecule has 5 heteroatoms. The second kappa shape index (κ2) is 13.4. The third-order valence-electron chi connectivity index (χ3n) is 3.53. The average Bonchev–Trinajstić information content (AvgIpc) is 2.53. The molecule has 0 spiro atoms. The van der Waals surface area contributed by atoms with Gasteiger partial charge in [-0.2, -0.15) is 0 Å². The summed E-state index contributed by atoms with van der Waals surface area (Å²) in [4.78, 5) is 10.5. The molecule has 0 aromatic carbocycles. The number of aromatic nitrogens is 1. The Morgan fingerprint density at radius 3 is 2.26 bits per heavy atom. The molecule has 0 bridgehead atoms. The van der Waals surface area contributed by atoms with Crippen molar-refractivity contribution in [2.24, 2.45) is 5.92 Å². The van der Waals surface area contributed by atoms with E-state index in [4.69, 9.17) is 0 Å². The topological polar surface area (TPSA) is 28.6 Å². The Bertz CT molecular complexity index is 376. The van der Waals surface area contributed by atoms with Gasteiger partial charge in [0, 0.05) is 12.4 Å². The van der Waals surface area contributed by atoms with Crippen LogP contribution in [0.3, 0.4) is 0 Å². The molecule has 23 heavy (non-hydrogen) atoms. The summed E-state index contributed by atoms with van der Waals surface area (Å²) in [5.41, 5.74) is 1.31. The van der Waals surface area contributed by atoms with Crippen LogP contribution >= 0.6 is 0 Å². The molecule has 0 saturated carbocycles. The van der Waals surface area contributed by atoms with Crippen LogP contribution in [0.2, 0.25) is 0 Å². The van der Waals surface area contributed by atoms with Crippen LogP contribution in [0.5, 0.6) is 0 Å². The monoisotopic (exact) mass is 327 g/mol. The lowest BCUT2D eigenvalue weighted by atomic mass is 9.97. The standard InChI is InChI=1S/C15H26FN3O.C3H8/c1-13(12-15(18(2)3)19(16)20-4)6-5-7-14-8-10-17-11-9-14;1-3-2/h8-11,13,15H,5-7,12H2,1-4H3;3H2,1-2H3. The third-order valence-corrected chi connectivity index (χ3v) is 3.53. The van der Waals surface area contributed by atoms with Crippen molar-refractivity contribution in [3.8, 4) is 0 Å². The summed E-state index contributed by atoms with van der Waals surface area (Å²) in [5.74, 6) is 0.442. The van der Waals surface area contributed by atoms with Crippen molar-refractivity contribution in [2.75, 3.05) is 21.2 Å². The minimum Gasteiger partial charge on any atom is -0.290 e. The van der Waals surface area contributed by atoms with Crippen molar-refractivity contribution in [1.82, 2.24) is 15.2 Å². The predicted molar refractivity (Wildman–Crippen MR) is 94.4 cm³/mol. The largest absolute Gasteiger partial charge is 0.290 e. The molecule has 4 nitrogen and oxygen atoms in total. The van der Waals surface area contributed by atoms with Crippen LogP contribution in [-0.2, 0) is 11.3 Å². The van der Waals surface area contributed by atoms with E-state index in [2.05, 4.69) is 30.6 Å². The number of rotatable bonds is 9. The summed E-state index contributed by atoms with van der Waals surface area (Å²) in [7, 11) is 5.07. The molecule has 134 valence electrons. The Kier molecular flexibility index (Phi) is 12.8.